The molecule has 1 aliphatic rings. The van der Waals surface area contributed by atoms with E-state index >= 15 is 0 Å². The molecule has 0 aliphatic carbocycles. The van der Waals surface area contributed by atoms with Gasteiger partial charge >= 0.3 is 0 Å². The van der Waals surface area contributed by atoms with E-state index in [1.54, 1.807) is 0 Å². The van der Waals surface area contributed by atoms with Crippen LogP contribution in [-0.2, 0) is 14.9 Å². The van der Waals surface area contributed by atoms with Crippen LogP contribution in [-0.4, -0.2) is 61.0 Å². The van der Waals surface area contributed by atoms with Crippen LogP contribution in [0.3, 0.4) is 0 Å². The first-order valence-corrected chi connectivity index (χ1v) is 9.40. The van der Waals surface area contributed by atoms with Crippen LogP contribution < -0.4 is 0 Å². The number of pyridine rings is 1. The Bertz CT molecular complexity index is 843. The summed E-state index contributed by atoms with van der Waals surface area (Å²) >= 11 is 0. The zero-order valence-corrected chi connectivity index (χ0v) is 15.6. The van der Waals surface area contributed by atoms with Crippen molar-refractivity contribution in [3.63, 3.8) is 0 Å². The van der Waals surface area contributed by atoms with Gasteiger partial charge in [-0.15, -0.1) is 0 Å². The Kier molecular flexibility index (Phi) is 4.92. The number of aryl methyl sites for hydroxylation is 2. The van der Waals surface area contributed by atoms with Crippen molar-refractivity contribution in [2.24, 2.45) is 0 Å². The van der Waals surface area contributed by atoms with Gasteiger partial charge in [0.05, 0.1) is 29.3 Å². The largest absolute Gasteiger partial charge is 0.369 e. The molecule has 1 saturated heterocycles. The molecule has 0 aromatic carbocycles. The number of hydrogen-bond donors (Lipinski definition) is 0. The number of hydrogen-bond acceptors (Lipinski definition) is 6. The molecule has 1 atom stereocenters. The molecule has 25 heavy (non-hydrogen) atoms. The van der Waals surface area contributed by atoms with E-state index in [9.17, 15) is 8.42 Å². The molecule has 0 radical (unpaired) electrons. The second kappa shape index (κ2) is 6.83. The summed E-state index contributed by atoms with van der Waals surface area (Å²) in [6, 6.07) is 5.61. The first-order valence-electron chi connectivity index (χ1n) is 8.00. The molecule has 0 unspecified atom stereocenters. The van der Waals surface area contributed by atoms with E-state index in [1.165, 1.54) is 22.7 Å². The average molecular weight is 366 g/mol. The molecule has 0 N–H and O–H groups in total. The van der Waals surface area contributed by atoms with Gasteiger partial charge < -0.3 is 9.26 Å². The molecular formula is C16H22N4O4S. The van der Waals surface area contributed by atoms with Crippen LogP contribution in [0.25, 0.3) is 11.3 Å². The molecule has 3 heterocycles. The van der Waals surface area contributed by atoms with Gasteiger partial charge in [0.2, 0.25) is 0 Å². The lowest BCUT2D eigenvalue weighted by Gasteiger charge is -2.33. The number of nitrogens with zero attached hydrogens (tertiary/aromatic N) is 4. The molecule has 2 aromatic rings. The number of aromatic nitrogens is 2. The fraction of sp³-hybridized carbons (Fsp3) is 0.500. The monoisotopic (exact) mass is 366 g/mol. The summed E-state index contributed by atoms with van der Waals surface area (Å²) < 4.78 is 38.3. The minimum atomic E-state index is -3.47. The van der Waals surface area contributed by atoms with E-state index in [4.69, 9.17) is 9.26 Å². The van der Waals surface area contributed by atoms with E-state index in [1.807, 2.05) is 32.0 Å². The van der Waals surface area contributed by atoms with Gasteiger partial charge in [0.1, 0.15) is 11.9 Å². The highest BCUT2D eigenvalue weighted by Crippen LogP contribution is 2.28. The summed E-state index contributed by atoms with van der Waals surface area (Å²) in [5, 5.41) is 3.96. The standard InChI is InChI=1S/C16H22N4O4S/c1-11-16(12(2)24-18-11)14-7-5-6-13(17-14)15-10-20(8-9-23-15)25(21,22)19(3)4/h5-7,15H,8-10H2,1-4H3/t15-/m0/s1. The van der Waals surface area contributed by atoms with Crippen LogP contribution in [0, 0.1) is 13.8 Å². The summed E-state index contributed by atoms with van der Waals surface area (Å²) in [7, 11) is -0.426. The Balaban J connectivity index is 1.89. The zero-order valence-electron chi connectivity index (χ0n) is 14.8. The SMILES string of the molecule is Cc1noc(C)c1-c1cccc([C@@H]2CN(S(=O)(=O)N(C)C)CCO2)n1. The topological polar surface area (TPSA) is 88.8 Å². The van der Waals surface area contributed by atoms with Crippen LogP contribution in [0.1, 0.15) is 23.3 Å². The average Bonchev–Trinajstić information content (AvgIpc) is 2.93. The van der Waals surface area contributed by atoms with Crippen LogP contribution >= 0.6 is 0 Å². The Hall–Kier alpha value is -1.81. The van der Waals surface area contributed by atoms with Gasteiger partial charge in [-0.3, -0.25) is 0 Å². The number of ether oxygens (including phenoxy) is 1. The molecule has 0 spiro atoms. The molecule has 136 valence electrons. The van der Waals surface area contributed by atoms with E-state index in [0.717, 1.165) is 17.0 Å². The predicted molar refractivity (Wildman–Crippen MR) is 92.1 cm³/mol. The second-order valence-corrected chi connectivity index (χ2v) is 8.30. The number of morpholine rings is 1. The molecule has 9 heteroatoms. The summed E-state index contributed by atoms with van der Waals surface area (Å²) in [6.07, 6.45) is -0.413. The Labute approximate surface area is 147 Å². The molecule has 1 fully saturated rings. The van der Waals surface area contributed by atoms with Gasteiger partial charge in [-0.25, -0.2) is 4.98 Å². The molecule has 1 aliphatic heterocycles. The molecule has 8 nitrogen and oxygen atoms in total. The van der Waals surface area contributed by atoms with E-state index in [2.05, 4.69) is 10.1 Å². The lowest BCUT2D eigenvalue weighted by molar-refractivity contribution is -0.00617. The number of rotatable bonds is 4. The van der Waals surface area contributed by atoms with Gasteiger partial charge in [0, 0.05) is 27.2 Å². The summed E-state index contributed by atoms with van der Waals surface area (Å²) in [5.41, 5.74) is 3.06. The Morgan fingerprint density at radius 3 is 2.68 bits per heavy atom. The van der Waals surface area contributed by atoms with E-state index in [0.29, 0.717) is 24.6 Å². The van der Waals surface area contributed by atoms with Gasteiger partial charge in [0.15, 0.2) is 0 Å². The minimum absolute atomic E-state index is 0.235. The van der Waals surface area contributed by atoms with Gasteiger partial charge in [-0.1, -0.05) is 11.2 Å². The van der Waals surface area contributed by atoms with Gasteiger partial charge in [-0.2, -0.15) is 17.0 Å². The summed E-state index contributed by atoms with van der Waals surface area (Å²) in [4.78, 5) is 4.66. The molecule has 0 bridgehead atoms. The molecule has 0 amide bonds. The van der Waals surface area contributed by atoms with Crippen molar-refractivity contribution in [2.45, 2.75) is 20.0 Å². The van der Waals surface area contributed by atoms with Crippen molar-refractivity contribution < 1.29 is 17.7 Å². The normalized spacial score (nSPS) is 19.5. The van der Waals surface area contributed by atoms with Crippen LogP contribution in [0.4, 0.5) is 0 Å². The fourth-order valence-electron chi connectivity index (χ4n) is 2.86. The van der Waals surface area contributed by atoms with Crippen molar-refractivity contribution >= 4 is 10.2 Å². The van der Waals surface area contributed by atoms with Gasteiger partial charge in [0.25, 0.3) is 10.2 Å². The maximum atomic E-state index is 12.4. The van der Waals surface area contributed by atoms with Crippen molar-refractivity contribution in [3.8, 4) is 11.3 Å². The van der Waals surface area contributed by atoms with Crippen molar-refractivity contribution in [1.29, 1.82) is 0 Å². The highest BCUT2D eigenvalue weighted by molar-refractivity contribution is 7.86. The first-order chi connectivity index (χ1) is 11.8. The molecule has 2 aromatic heterocycles. The van der Waals surface area contributed by atoms with Crippen LogP contribution in [0.15, 0.2) is 22.7 Å². The lowest BCUT2D eigenvalue weighted by atomic mass is 10.1. The van der Waals surface area contributed by atoms with E-state index < -0.39 is 16.3 Å². The fourth-order valence-corrected chi connectivity index (χ4v) is 3.95. The third-order valence-electron chi connectivity index (χ3n) is 4.21. The van der Waals surface area contributed by atoms with Crippen LogP contribution in [0.2, 0.25) is 0 Å². The van der Waals surface area contributed by atoms with Gasteiger partial charge in [-0.05, 0) is 26.0 Å². The lowest BCUT2D eigenvalue weighted by Crippen LogP contribution is -2.47. The minimum Gasteiger partial charge on any atom is -0.369 e. The molecule has 0 saturated carbocycles. The highest BCUT2D eigenvalue weighted by atomic mass is 32.2. The first kappa shape index (κ1) is 18.0. The summed E-state index contributed by atoms with van der Waals surface area (Å²) in [6.45, 7) is 4.60. The third-order valence-corrected chi connectivity index (χ3v) is 6.11. The second-order valence-electron chi connectivity index (χ2n) is 6.15. The highest BCUT2D eigenvalue weighted by Gasteiger charge is 2.32. The summed E-state index contributed by atoms with van der Waals surface area (Å²) in [5.74, 6) is 0.698. The molecular weight excluding hydrogens is 344 g/mol. The Morgan fingerprint density at radius 1 is 1.28 bits per heavy atom. The van der Waals surface area contributed by atoms with Crippen molar-refractivity contribution in [1.82, 2.24) is 18.8 Å². The quantitative estimate of drug-likeness (QED) is 0.815. The zero-order chi connectivity index (χ0) is 18.2. The van der Waals surface area contributed by atoms with Crippen LogP contribution in [0.5, 0.6) is 0 Å². The molecule has 3 rings (SSSR count). The maximum absolute atomic E-state index is 12.4. The predicted octanol–water partition coefficient (Wildman–Crippen LogP) is 1.53. The van der Waals surface area contributed by atoms with Crippen molar-refractivity contribution in [2.75, 3.05) is 33.8 Å². The smallest absolute Gasteiger partial charge is 0.281 e. The Morgan fingerprint density at radius 2 is 2.04 bits per heavy atom. The van der Waals surface area contributed by atoms with Crippen molar-refractivity contribution in [3.05, 3.63) is 35.3 Å². The van der Waals surface area contributed by atoms with E-state index in [-0.39, 0.29) is 6.54 Å². The third kappa shape index (κ3) is 3.45. The maximum Gasteiger partial charge on any atom is 0.281 e.